The van der Waals surface area contributed by atoms with Gasteiger partial charge in [0.05, 0.1) is 0 Å². The summed E-state index contributed by atoms with van der Waals surface area (Å²) in [4.78, 5) is 3.16. The van der Waals surface area contributed by atoms with Crippen LogP contribution in [0, 0.1) is 0 Å². The smallest absolute Gasteiger partial charge is 0.411 e. The van der Waals surface area contributed by atoms with E-state index in [9.17, 15) is 0 Å². The molecule has 0 aliphatic heterocycles. The Morgan fingerprint density at radius 2 is 2.07 bits per heavy atom. The van der Waals surface area contributed by atoms with Crippen molar-refractivity contribution in [3.05, 3.63) is 30.3 Å². The molecule has 5 heteroatoms. The first-order valence-electron chi connectivity index (χ1n) is 3.81. The zero-order valence-electron chi connectivity index (χ0n) is 7.70. The molecule has 0 fully saturated rings. The molecule has 0 bridgehead atoms. The summed E-state index contributed by atoms with van der Waals surface area (Å²) in [6, 6.07) is 9.99. The van der Waals surface area contributed by atoms with Crippen molar-refractivity contribution in [2.24, 2.45) is 0 Å². The second-order valence-corrected chi connectivity index (χ2v) is 3.76. The van der Waals surface area contributed by atoms with Gasteiger partial charge in [-0.15, -0.1) is 0 Å². The summed E-state index contributed by atoms with van der Waals surface area (Å²) in [6.45, 7) is 0. The van der Waals surface area contributed by atoms with Crippen LogP contribution in [-0.2, 0) is 12.6 Å². The predicted octanol–water partition coefficient (Wildman–Crippen LogP) is -0.584. The third kappa shape index (κ3) is 3.00. The molecule has 1 heterocycles. The third-order valence-electron chi connectivity index (χ3n) is 1.77. The Labute approximate surface area is 136 Å². The summed E-state index contributed by atoms with van der Waals surface area (Å²) >= 11 is 9.53. The number of hydrogen-bond donors (Lipinski definition) is 2. The standard InChI is InChI=1S/C9H8N2S2.K/c12-9(13)11-8-5-6-3-1-2-4-7(6)10-8;/h1-5,10H,(H2,11,12,13);/q;+1/p-1. The van der Waals surface area contributed by atoms with Gasteiger partial charge in [-0.25, -0.2) is 0 Å². The fourth-order valence-corrected chi connectivity index (χ4v) is 1.47. The topological polar surface area (TPSA) is 27.8 Å². The van der Waals surface area contributed by atoms with Gasteiger partial charge in [0.15, 0.2) is 0 Å². The molecule has 0 saturated heterocycles. The molecular formula is C9H7KN2S2. The van der Waals surface area contributed by atoms with Crippen molar-refractivity contribution >= 4 is 45.9 Å². The first-order valence-corrected chi connectivity index (χ1v) is 4.63. The Bertz CT molecular complexity index is 420. The number of anilines is 1. The van der Waals surface area contributed by atoms with Gasteiger partial charge in [-0.1, -0.05) is 22.5 Å². The van der Waals surface area contributed by atoms with Crippen molar-refractivity contribution in [3.8, 4) is 0 Å². The maximum Gasteiger partial charge on any atom is 1.00 e. The van der Waals surface area contributed by atoms with E-state index in [4.69, 9.17) is 24.8 Å². The molecule has 0 unspecified atom stereocenters. The molecule has 0 radical (unpaired) electrons. The van der Waals surface area contributed by atoms with E-state index >= 15 is 0 Å². The number of nitrogens with one attached hydrogen (secondary N) is 2. The number of rotatable bonds is 1. The van der Waals surface area contributed by atoms with Gasteiger partial charge in [0, 0.05) is 10.9 Å². The number of benzene rings is 1. The van der Waals surface area contributed by atoms with E-state index in [1.54, 1.807) is 0 Å². The molecule has 0 spiro atoms. The molecule has 0 saturated carbocycles. The zero-order valence-corrected chi connectivity index (χ0v) is 12.5. The van der Waals surface area contributed by atoms with E-state index in [0.29, 0.717) is 4.32 Å². The Kier molecular flexibility index (Phi) is 4.99. The summed E-state index contributed by atoms with van der Waals surface area (Å²) in [7, 11) is 0. The van der Waals surface area contributed by atoms with E-state index in [1.807, 2.05) is 30.3 Å². The molecule has 1 aromatic heterocycles. The number of aromatic nitrogens is 1. The monoisotopic (exact) mass is 246 g/mol. The van der Waals surface area contributed by atoms with Crippen LogP contribution in [0.4, 0.5) is 5.82 Å². The second-order valence-electron chi connectivity index (χ2n) is 2.68. The third-order valence-corrected chi connectivity index (χ3v) is 1.97. The van der Waals surface area contributed by atoms with E-state index in [2.05, 4.69) is 10.3 Å². The van der Waals surface area contributed by atoms with Crippen molar-refractivity contribution in [1.82, 2.24) is 4.98 Å². The van der Waals surface area contributed by atoms with E-state index < -0.39 is 0 Å². The van der Waals surface area contributed by atoms with E-state index in [-0.39, 0.29) is 51.4 Å². The van der Waals surface area contributed by atoms with Crippen LogP contribution in [0.5, 0.6) is 0 Å². The Balaban J connectivity index is 0.000000980. The summed E-state index contributed by atoms with van der Waals surface area (Å²) in [5.74, 6) is 0.848. The maximum atomic E-state index is 4.77. The summed E-state index contributed by atoms with van der Waals surface area (Å²) in [5, 5.41) is 4.03. The average Bonchev–Trinajstić information content (AvgIpc) is 2.44. The van der Waals surface area contributed by atoms with Crippen LogP contribution in [0.2, 0.25) is 0 Å². The first kappa shape index (κ1) is 12.6. The minimum atomic E-state index is 0. The maximum absolute atomic E-state index is 4.77. The molecule has 1 aromatic carbocycles. The first-order chi connectivity index (χ1) is 6.25. The largest absolute Gasteiger partial charge is 1.00 e. The van der Waals surface area contributed by atoms with Crippen molar-refractivity contribution in [1.29, 1.82) is 0 Å². The summed E-state index contributed by atoms with van der Waals surface area (Å²) < 4.78 is 0.353. The van der Waals surface area contributed by atoms with Gasteiger partial charge in [-0.05, 0) is 12.1 Å². The van der Waals surface area contributed by atoms with Gasteiger partial charge in [-0.2, -0.15) is 0 Å². The normalized spacial score (nSPS) is 9.43. The minimum Gasteiger partial charge on any atom is -0.411 e. The van der Waals surface area contributed by atoms with Crippen LogP contribution in [0.15, 0.2) is 30.3 Å². The van der Waals surface area contributed by atoms with Gasteiger partial charge in [0.25, 0.3) is 0 Å². The molecule has 0 atom stereocenters. The van der Waals surface area contributed by atoms with Crippen LogP contribution in [-0.4, -0.2) is 9.30 Å². The molecule has 0 aliphatic rings. The van der Waals surface area contributed by atoms with Crippen LogP contribution < -0.4 is 56.7 Å². The molecule has 2 aromatic rings. The minimum absolute atomic E-state index is 0. The molecule has 14 heavy (non-hydrogen) atoms. The predicted molar refractivity (Wildman–Crippen MR) is 61.9 cm³/mol. The number of aromatic amines is 1. The van der Waals surface area contributed by atoms with Crippen LogP contribution in [0.25, 0.3) is 10.9 Å². The second kappa shape index (κ2) is 5.55. The molecule has 0 amide bonds. The van der Waals surface area contributed by atoms with Gasteiger partial charge in [-0.3, -0.25) is 0 Å². The number of para-hydroxylation sites is 1. The molecule has 2 N–H and O–H groups in total. The van der Waals surface area contributed by atoms with Crippen molar-refractivity contribution in [2.75, 3.05) is 5.32 Å². The SMILES string of the molecule is S=C([S-])Nc1cc2ccccc2[nH]1.[K+]. The van der Waals surface area contributed by atoms with Gasteiger partial charge in [0.1, 0.15) is 5.82 Å². The molecular weight excluding hydrogens is 239 g/mol. The van der Waals surface area contributed by atoms with Gasteiger partial charge >= 0.3 is 51.4 Å². The van der Waals surface area contributed by atoms with Crippen molar-refractivity contribution in [3.63, 3.8) is 0 Å². The number of thiocarbonyl (C=S) groups is 1. The fourth-order valence-electron chi connectivity index (χ4n) is 1.25. The quantitative estimate of drug-likeness (QED) is 0.400. The number of fused-ring (bicyclic) bond motifs is 1. The molecule has 0 aliphatic carbocycles. The molecule has 66 valence electrons. The molecule has 2 rings (SSSR count). The van der Waals surface area contributed by atoms with Gasteiger partial charge in [0.2, 0.25) is 0 Å². The van der Waals surface area contributed by atoms with Crippen molar-refractivity contribution in [2.45, 2.75) is 0 Å². The summed E-state index contributed by atoms with van der Waals surface area (Å²) in [5.41, 5.74) is 1.08. The van der Waals surface area contributed by atoms with Crippen molar-refractivity contribution < 1.29 is 51.4 Å². The Morgan fingerprint density at radius 1 is 1.36 bits per heavy atom. The molecule has 2 nitrogen and oxygen atoms in total. The van der Waals surface area contributed by atoms with Crippen LogP contribution in [0.1, 0.15) is 0 Å². The Morgan fingerprint density at radius 3 is 2.71 bits per heavy atom. The van der Waals surface area contributed by atoms with E-state index in [1.165, 1.54) is 0 Å². The zero-order chi connectivity index (χ0) is 9.26. The fraction of sp³-hybridized carbons (Fsp3) is 0. The van der Waals surface area contributed by atoms with Crippen LogP contribution >= 0.6 is 12.2 Å². The van der Waals surface area contributed by atoms with Gasteiger partial charge < -0.3 is 35.1 Å². The average molecular weight is 246 g/mol. The van der Waals surface area contributed by atoms with Crippen LogP contribution in [0.3, 0.4) is 0 Å². The number of H-pyrrole nitrogens is 1. The Hall–Kier alpha value is 0.506. The van der Waals surface area contributed by atoms with E-state index in [0.717, 1.165) is 16.7 Å². The number of hydrogen-bond acceptors (Lipinski definition) is 2. The summed E-state index contributed by atoms with van der Waals surface area (Å²) in [6.07, 6.45) is 0.